The number of nitrogens with zero attached hydrogens (tertiary/aromatic N) is 1. The summed E-state index contributed by atoms with van der Waals surface area (Å²) in [7, 11) is 1.40. The van der Waals surface area contributed by atoms with Gasteiger partial charge in [-0.2, -0.15) is 0 Å². The van der Waals surface area contributed by atoms with Gasteiger partial charge in [-0.15, -0.1) is 0 Å². The van der Waals surface area contributed by atoms with Crippen LogP contribution in [0.25, 0.3) is 0 Å². The van der Waals surface area contributed by atoms with Gasteiger partial charge in [-0.05, 0) is 24.6 Å². The highest BCUT2D eigenvalue weighted by Gasteiger charge is 2.13. The van der Waals surface area contributed by atoms with Gasteiger partial charge < -0.3 is 14.7 Å². The SMILES string of the molecule is Cc1ccc(Cl)c(OCC(=O)N(C)CC(=O)O)c1. The Kier molecular flexibility index (Phi) is 4.97. The Morgan fingerprint density at radius 2 is 2.11 bits per heavy atom. The average Bonchev–Trinajstić information content (AvgIpc) is 2.29. The summed E-state index contributed by atoms with van der Waals surface area (Å²) in [6, 6.07) is 5.22. The molecule has 0 spiro atoms. The maximum Gasteiger partial charge on any atom is 0.323 e. The number of halogens is 1. The van der Waals surface area contributed by atoms with Gasteiger partial charge in [0.2, 0.25) is 0 Å². The summed E-state index contributed by atoms with van der Waals surface area (Å²) in [6.07, 6.45) is 0. The molecular formula is C12H14ClNO4. The van der Waals surface area contributed by atoms with Crippen molar-refractivity contribution in [1.82, 2.24) is 4.90 Å². The molecule has 0 radical (unpaired) electrons. The van der Waals surface area contributed by atoms with E-state index in [0.717, 1.165) is 10.5 Å². The summed E-state index contributed by atoms with van der Waals surface area (Å²) in [6.45, 7) is 1.28. The van der Waals surface area contributed by atoms with E-state index in [2.05, 4.69) is 0 Å². The number of rotatable bonds is 5. The molecule has 18 heavy (non-hydrogen) atoms. The summed E-state index contributed by atoms with van der Waals surface area (Å²) >= 11 is 5.90. The number of benzene rings is 1. The molecule has 0 atom stereocenters. The van der Waals surface area contributed by atoms with E-state index < -0.39 is 11.9 Å². The molecule has 1 aromatic rings. The second kappa shape index (κ2) is 6.26. The maximum absolute atomic E-state index is 11.5. The molecule has 0 saturated heterocycles. The van der Waals surface area contributed by atoms with Crippen LogP contribution in [-0.4, -0.2) is 42.1 Å². The van der Waals surface area contributed by atoms with Crippen LogP contribution in [-0.2, 0) is 9.59 Å². The van der Waals surface area contributed by atoms with Crippen LogP contribution in [0.3, 0.4) is 0 Å². The minimum absolute atomic E-state index is 0.243. The lowest BCUT2D eigenvalue weighted by atomic mass is 10.2. The molecule has 1 amide bonds. The third-order valence-electron chi connectivity index (χ3n) is 2.24. The number of carbonyl (C=O) groups is 2. The topological polar surface area (TPSA) is 66.8 Å². The number of amides is 1. The summed E-state index contributed by atoms with van der Waals surface area (Å²) in [5.41, 5.74) is 0.959. The lowest BCUT2D eigenvalue weighted by molar-refractivity contribution is -0.144. The fourth-order valence-electron chi connectivity index (χ4n) is 1.26. The van der Waals surface area contributed by atoms with Crippen molar-refractivity contribution in [3.05, 3.63) is 28.8 Å². The van der Waals surface area contributed by atoms with E-state index in [1.807, 2.05) is 13.0 Å². The van der Waals surface area contributed by atoms with Crippen LogP contribution in [0, 0.1) is 6.92 Å². The smallest absolute Gasteiger partial charge is 0.323 e. The number of hydrogen-bond acceptors (Lipinski definition) is 3. The van der Waals surface area contributed by atoms with Crippen molar-refractivity contribution in [3.63, 3.8) is 0 Å². The highest BCUT2D eigenvalue weighted by Crippen LogP contribution is 2.25. The molecule has 0 bridgehead atoms. The summed E-state index contributed by atoms with van der Waals surface area (Å²) in [5.74, 6) is -1.08. The first kappa shape index (κ1) is 14.3. The van der Waals surface area contributed by atoms with Gasteiger partial charge >= 0.3 is 5.97 Å². The molecule has 6 heteroatoms. The Bertz CT molecular complexity index is 461. The fourth-order valence-corrected chi connectivity index (χ4v) is 1.43. The van der Waals surface area contributed by atoms with E-state index >= 15 is 0 Å². The Balaban J connectivity index is 2.57. The largest absolute Gasteiger partial charge is 0.482 e. The van der Waals surface area contributed by atoms with Crippen molar-refractivity contribution in [2.24, 2.45) is 0 Å². The van der Waals surface area contributed by atoms with Crippen molar-refractivity contribution in [2.45, 2.75) is 6.92 Å². The lowest BCUT2D eigenvalue weighted by Crippen LogP contribution is -2.35. The zero-order valence-corrected chi connectivity index (χ0v) is 10.9. The monoisotopic (exact) mass is 271 g/mol. The Morgan fingerprint density at radius 1 is 1.44 bits per heavy atom. The highest BCUT2D eigenvalue weighted by atomic mass is 35.5. The van der Waals surface area contributed by atoms with Gasteiger partial charge in [0, 0.05) is 7.05 Å². The van der Waals surface area contributed by atoms with Crippen molar-refractivity contribution in [3.8, 4) is 5.75 Å². The molecule has 1 N–H and O–H groups in total. The number of carboxylic acids is 1. The lowest BCUT2D eigenvalue weighted by Gasteiger charge is -2.15. The van der Waals surface area contributed by atoms with E-state index in [4.69, 9.17) is 21.4 Å². The maximum atomic E-state index is 11.5. The van der Waals surface area contributed by atoms with Gasteiger partial charge in [0.15, 0.2) is 6.61 Å². The first-order chi connectivity index (χ1) is 8.40. The van der Waals surface area contributed by atoms with Crippen LogP contribution in [0.15, 0.2) is 18.2 Å². The predicted molar refractivity (Wildman–Crippen MR) is 67.0 cm³/mol. The molecule has 0 aliphatic heterocycles. The summed E-state index contributed by atoms with van der Waals surface area (Å²) < 4.78 is 5.27. The molecule has 0 heterocycles. The van der Waals surface area contributed by atoms with E-state index in [1.54, 1.807) is 12.1 Å². The Morgan fingerprint density at radius 3 is 2.72 bits per heavy atom. The molecule has 5 nitrogen and oxygen atoms in total. The summed E-state index contributed by atoms with van der Waals surface area (Å²) in [4.78, 5) is 23.0. The van der Waals surface area contributed by atoms with Crippen LogP contribution in [0.2, 0.25) is 5.02 Å². The third-order valence-corrected chi connectivity index (χ3v) is 2.55. The second-order valence-electron chi connectivity index (χ2n) is 3.87. The second-order valence-corrected chi connectivity index (χ2v) is 4.27. The van der Waals surface area contributed by atoms with E-state index in [-0.39, 0.29) is 13.2 Å². The molecule has 0 aliphatic carbocycles. The predicted octanol–water partition coefficient (Wildman–Crippen LogP) is 1.57. The number of ether oxygens (including phenoxy) is 1. The van der Waals surface area contributed by atoms with E-state index in [9.17, 15) is 9.59 Å². The van der Waals surface area contributed by atoms with Crippen LogP contribution < -0.4 is 4.74 Å². The number of carbonyl (C=O) groups excluding carboxylic acids is 1. The van der Waals surface area contributed by atoms with E-state index in [1.165, 1.54) is 7.05 Å². The minimum atomic E-state index is -1.07. The summed E-state index contributed by atoms with van der Waals surface area (Å²) in [5, 5.41) is 8.95. The minimum Gasteiger partial charge on any atom is -0.482 e. The fraction of sp³-hybridized carbons (Fsp3) is 0.333. The molecule has 0 saturated carbocycles. The van der Waals surface area contributed by atoms with Crippen molar-refractivity contribution < 1.29 is 19.4 Å². The molecule has 0 aliphatic rings. The van der Waals surface area contributed by atoms with Crippen molar-refractivity contribution >= 4 is 23.5 Å². The average molecular weight is 272 g/mol. The number of hydrogen-bond donors (Lipinski definition) is 1. The third kappa shape index (κ3) is 4.25. The molecule has 1 aromatic carbocycles. The number of carboxylic acid groups (broad SMARTS) is 1. The van der Waals surface area contributed by atoms with Gasteiger partial charge in [0.05, 0.1) is 5.02 Å². The van der Waals surface area contributed by atoms with Crippen molar-refractivity contribution in [1.29, 1.82) is 0 Å². The Labute approximate surface area is 110 Å². The zero-order chi connectivity index (χ0) is 13.7. The molecule has 98 valence electrons. The highest BCUT2D eigenvalue weighted by molar-refractivity contribution is 6.32. The quantitative estimate of drug-likeness (QED) is 0.883. The van der Waals surface area contributed by atoms with Gasteiger partial charge in [-0.3, -0.25) is 9.59 Å². The van der Waals surface area contributed by atoms with Crippen LogP contribution in [0.4, 0.5) is 0 Å². The zero-order valence-electron chi connectivity index (χ0n) is 10.1. The van der Waals surface area contributed by atoms with Gasteiger partial charge in [0.25, 0.3) is 5.91 Å². The molecule has 0 unspecified atom stereocenters. The van der Waals surface area contributed by atoms with E-state index in [0.29, 0.717) is 10.8 Å². The molecule has 0 aromatic heterocycles. The molecule has 1 rings (SSSR count). The standard InChI is InChI=1S/C12H14ClNO4/c1-8-3-4-9(13)10(5-8)18-7-11(15)14(2)6-12(16)17/h3-5H,6-7H2,1-2H3,(H,16,17). The first-order valence-corrected chi connectivity index (χ1v) is 5.62. The van der Waals surface area contributed by atoms with Crippen molar-refractivity contribution in [2.75, 3.05) is 20.2 Å². The van der Waals surface area contributed by atoms with Gasteiger partial charge in [-0.25, -0.2) is 0 Å². The van der Waals surface area contributed by atoms with Gasteiger partial charge in [0.1, 0.15) is 12.3 Å². The Hall–Kier alpha value is -1.75. The molecular weight excluding hydrogens is 258 g/mol. The number of likely N-dealkylation sites (N-methyl/N-ethyl adjacent to an activating group) is 1. The van der Waals surface area contributed by atoms with Gasteiger partial charge in [-0.1, -0.05) is 17.7 Å². The van der Waals surface area contributed by atoms with Crippen LogP contribution in [0.1, 0.15) is 5.56 Å². The first-order valence-electron chi connectivity index (χ1n) is 5.25. The molecule has 0 fully saturated rings. The van der Waals surface area contributed by atoms with Crippen LogP contribution >= 0.6 is 11.6 Å². The number of aryl methyl sites for hydroxylation is 1. The number of aliphatic carboxylic acids is 1. The normalized spacial score (nSPS) is 9.94. The van der Waals surface area contributed by atoms with Crippen LogP contribution in [0.5, 0.6) is 5.75 Å².